The van der Waals surface area contributed by atoms with E-state index >= 15 is 0 Å². The van der Waals surface area contributed by atoms with Crippen LogP contribution in [0.5, 0.6) is 11.5 Å². The smallest absolute Gasteiger partial charge is 0.134 e. The number of hydrogen-bond donors (Lipinski definition) is 0. The molecule has 1 spiro atoms. The highest BCUT2D eigenvalue weighted by Gasteiger charge is 2.54. The number of nitriles is 1. The van der Waals surface area contributed by atoms with Gasteiger partial charge in [0.25, 0.3) is 0 Å². The van der Waals surface area contributed by atoms with Gasteiger partial charge in [-0.3, -0.25) is 9.97 Å². The van der Waals surface area contributed by atoms with Gasteiger partial charge in [-0.25, -0.2) is 0 Å². The first-order valence-electron chi connectivity index (χ1n) is 18.2. The topological polar surface area (TPSA) is 67.0 Å². The lowest BCUT2D eigenvalue weighted by molar-refractivity contribution is 0.436. The third kappa shape index (κ3) is 3.98. The highest BCUT2D eigenvalue weighted by Crippen LogP contribution is 2.65. The first kappa shape index (κ1) is 30.3. The van der Waals surface area contributed by atoms with Crippen LogP contribution in [0.2, 0.25) is 0 Å². The zero-order valence-corrected chi connectivity index (χ0v) is 30.0. The molecule has 0 saturated heterocycles. The van der Waals surface area contributed by atoms with Gasteiger partial charge in [-0.15, -0.1) is 0 Å². The number of para-hydroxylation sites is 3. The minimum Gasteiger partial charge on any atom is -0.457 e. The van der Waals surface area contributed by atoms with Crippen LogP contribution < -0.4 is 9.64 Å². The van der Waals surface area contributed by atoms with Crippen molar-refractivity contribution in [3.8, 4) is 34.6 Å². The van der Waals surface area contributed by atoms with E-state index in [0.29, 0.717) is 5.56 Å². The summed E-state index contributed by atoms with van der Waals surface area (Å²) >= 11 is 1.80. The number of hydrogen-bond acceptors (Lipinski definition) is 6. The van der Waals surface area contributed by atoms with Gasteiger partial charge in [0, 0.05) is 55.8 Å². The Labute approximate surface area is 320 Å². The van der Waals surface area contributed by atoms with Gasteiger partial charge in [0.1, 0.15) is 11.5 Å². The maximum absolute atomic E-state index is 9.76. The van der Waals surface area contributed by atoms with Crippen molar-refractivity contribution in [2.24, 2.45) is 0 Å². The summed E-state index contributed by atoms with van der Waals surface area (Å²) in [6.07, 6.45) is 3.72. The van der Waals surface area contributed by atoms with Crippen molar-refractivity contribution in [1.29, 1.82) is 5.26 Å². The molecule has 0 bridgehead atoms. The van der Waals surface area contributed by atoms with E-state index in [9.17, 15) is 5.26 Å². The molecule has 6 aromatic carbocycles. The molecule has 256 valence electrons. The van der Waals surface area contributed by atoms with Gasteiger partial charge < -0.3 is 14.2 Å². The molecule has 3 aromatic heterocycles. The zero-order valence-electron chi connectivity index (χ0n) is 29.1. The molecular formula is C48H27N5OS. The second-order valence-corrected chi connectivity index (χ2v) is 15.1. The molecular weight excluding hydrogens is 695 g/mol. The van der Waals surface area contributed by atoms with Crippen LogP contribution in [0.4, 0.5) is 17.1 Å². The van der Waals surface area contributed by atoms with E-state index in [0.717, 1.165) is 89.7 Å². The van der Waals surface area contributed by atoms with E-state index < -0.39 is 5.41 Å². The molecule has 0 unspecified atom stereocenters. The Morgan fingerprint density at radius 1 is 0.564 bits per heavy atom. The molecule has 7 heteroatoms. The van der Waals surface area contributed by atoms with Crippen LogP contribution in [0.1, 0.15) is 27.8 Å². The van der Waals surface area contributed by atoms with Gasteiger partial charge in [-0.05, 0) is 90.0 Å². The lowest BCUT2D eigenvalue weighted by atomic mass is 9.65. The summed E-state index contributed by atoms with van der Waals surface area (Å²) < 4.78 is 9.44. The minimum absolute atomic E-state index is 0.636. The molecule has 0 radical (unpaired) electrons. The molecule has 3 aliphatic rings. The second-order valence-electron chi connectivity index (χ2n) is 14.1. The van der Waals surface area contributed by atoms with E-state index in [1.165, 1.54) is 9.79 Å². The predicted molar refractivity (Wildman–Crippen MR) is 217 cm³/mol. The van der Waals surface area contributed by atoms with Crippen LogP contribution in [-0.2, 0) is 5.41 Å². The Morgan fingerprint density at radius 2 is 1.24 bits per heavy atom. The van der Waals surface area contributed by atoms with Crippen LogP contribution in [0.25, 0.3) is 38.9 Å². The van der Waals surface area contributed by atoms with Crippen molar-refractivity contribution < 1.29 is 4.74 Å². The van der Waals surface area contributed by atoms with Crippen LogP contribution >= 0.6 is 11.8 Å². The Kier molecular flexibility index (Phi) is 6.17. The molecule has 0 amide bonds. The standard InChI is InChI=1S/C48H27N5OS/c49-28-29-20-23-37-32(26-29)31-10-1-2-13-36(31)52(37)30-21-22-33-42(27-30)54-41-17-7-16-40(53-38-14-3-5-18-43(38)55-44-19-6-4-15-39(44)53)45(41)48(33)34-11-8-24-50-46(34)47-35(48)12-9-25-51-47/h1-27H. The molecule has 0 saturated carbocycles. The van der Waals surface area contributed by atoms with E-state index in [1.807, 2.05) is 48.8 Å². The Hall–Kier alpha value is -7.14. The summed E-state index contributed by atoms with van der Waals surface area (Å²) in [5.74, 6) is 1.55. The normalized spacial score (nSPS) is 14.0. The molecule has 0 N–H and O–H groups in total. The summed E-state index contributed by atoms with van der Waals surface area (Å²) in [5, 5.41) is 11.9. The average Bonchev–Trinajstić information content (AvgIpc) is 3.73. The van der Waals surface area contributed by atoms with Crippen molar-refractivity contribution >= 4 is 50.6 Å². The predicted octanol–water partition coefficient (Wildman–Crippen LogP) is 11.8. The van der Waals surface area contributed by atoms with E-state index in [-0.39, 0.29) is 0 Å². The molecule has 55 heavy (non-hydrogen) atoms. The van der Waals surface area contributed by atoms with Gasteiger partial charge in [0.15, 0.2) is 0 Å². The third-order valence-electron chi connectivity index (χ3n) is 11.3. The summed E-state index contributed by atoms with van der Waals surface area (Å²) in [7, 11) is 0. The fraction of sp³-hybridized carbons (Fsp3) is 0.0208. The maximum atomic E-state index is 9.76. The summed E-state index contributed by atoms with van der Waals surface area (Å²) in [6.45, 7) is 0. The molecule has 0 atom stereocenters. The number of rotatable bonds is 2. The second kappa shape index (κ2) is 11.2. The molecule has 6 nitrogen and oxygen atoms in total. The van der Waals surface area contributed by atoms with E-state index in [2.05, 4.69) is 131 Å². The molecule has 0 fully saturated rings. The summed E-state index contributed by atoms with van der Waals surface area (Å²) in [5.41, 5.74) is 12.1. The quantitative estimate of drug-likeness (QED) is 0.177. The summed E-state index contributed by atoms with van der Waals surface area (Å²) in [6, 6.07) is 55.4. The largest absolute Gasteiger partial charge is 0.457 e. The van der Waals surface area contributed by atoms with Gasteiger partial charge in [-0.1, -0.05) is 78.5 Å². The van der Waals surface area contributed by atoms with Crippen LogP contribution in [-0.4, -0.2) is 14.5 Å². The Balaban J connectivity index is 1.17. The molecule has 5 heterocycles. The lowest BCUT2D eigenvalue weighted by Crippen LogP contribution is -2.34. The third-order valence-corrected chi connectivity index (χ3v) is 12.5. The highest BCUT2D eigenvalue weighted by molar-refractivity contribution is 7.99. The van der Waals surface area contributed by atoms with Gasteiger partial charge in [0.2, 0.25) is 0 Å². The van der Waals surface area contributed by atoms with Crippen LogP contribution in [0.15, 0.2) is 174 Å². The minimum atomic E-state index is -0.803. The summed E-state index contributed by atoms with van der Waals surface area (Å²) in [4.78, 5) is 14.8. The average molecular weight is 722 g/mol. The van der Waals surface area contributed by atoms with E-state index in [1.54, 1.807) is 11.8 Å². The Bertz CT molecular complexity index is 3070. The van der Waals surface area contributed by atoms with Crippen molar-refractivity contribution in [2.45, 2.75) is 15.2 Å². The van der Waals surface area contributed by atoms with E-state index in [4.69, 9.17) is 14.7 Å². The fourth-order valence-electron chi connectivity index (χ4n) is 9.25. The van der Waals surface area contributed by atoms with Gasteiger partial charge in [-0.2, -0.15) is 5.26 Å². The monoisotopic (exact) mass is 721 g/mol. The number of aromatic nitrogens is 3. The Morgan fingerprint density at radius 3 is 1.98 bits per heavy atom. The van der Waals surface area contributed by atoms with Crippen LogP contribution in [0.3, 0.4) is 0 Å². The van der Waals surface area contributed by atoms with Crippen molar-refractivity contribution in [3.05, 3.63) is 192 Å². The SMILES string of the molecule is N#Cc1ccc2c(c1)c1ccccc1n2-c1ccc2c(c1)Oc1cccc(N3c4ccccc4Sc4ccccc43)c1C21c2cccnc2-c2ncccc21. The fourth-order valence-corrected chi connectivity index (χ4v) is 10.3. The van der Waals surface area contributed by atoms with Gasteiger partial charge in [0.05, 0.1) is 56.5 Å². The van der Waals surface area contributed by atoms with Crippen molar-refractivity contribution in [3.63, 3.8) is 0 Å². The zero-order chi connectivity index (χ0) is 36.3. The number of ether oxygens (including phenoxy) is 1. The van der Waals surface area contributed by atoms with Crippen molar-refractivity contribution in [2.75, 3.05) is 4.90 Å². The number of fused-ring (bicyclic) bond motifs is 14. The number of benzene rings is 6. The molecule has 1 aliphatic carbocycles. The number of pyridine rings is 2. The molecule has 9 aromatic rings. The van der Waals surface area contributed by atoms with Crippen LogP contribution in [0, 0.1) is 11.3 Å². The number of nitrogens with zero attached hydrogens (tertiary/aromatic N) is 5. The van der Waals surface area contributed by atoms with Crippen molar-refractivity contribution in [1.82, 2.24) is 14.5 Å². The maximum Gasteiger partial charge on any atom is 0.134 e. The first-order chi connectivity index (χ1) is 27.2. The van der Waals surface area contributed by atoms with Gasteiger partial charge >= 0.3 is 0 Å². The highest BCUT2D eigenvalue weighted by atomic mass is 32.2. The first-order valence-corrected chi connectivity index (χ1v) is 19.0. The lowest BCUT2D eigenvalue weighted by Gasteiger charge is -2.43. The number of anilines is 3. The molecule has 2 aliphatic heterocycles. The molecule has 12 rings (SSSR count).